The van der Waals surface area contributed by atoms with Crippen molar-refractivity contribution in [2.24, 2.45) is 0 Å². The molecule has 0 rings (SSSR count). The van der Waals surface area contributed by atoms with E-state index in [1.807, 2.05) is 21.1 Å². The number of aliphatic carboxylic acids is 1. The standard InChI is InChI=1S/C66H113NO8/c1-6-8-10-12-14-16-18-19-20-21-22-23-24-25-26-27-28-29-30-31-32-33-34-35-36-37-38-39-40-41-42-43-44-45-47-49-51-53-55-57-64(69)75-62(61-74-66(65(70)71)72-59-58-67(3,4)5)60-73-63(68)56-54-52-50-48-46-17-15-13-11-9-7-2/h8,10,13-16,19-20,22-23,25-26,28-29,31-32,62,66H,6-7,9,11-12,17-18,21,24,27,30,33-61H2,1-5H3/p+1/b10-8-,15-13-,16-14-,20-19-,23-22-,26-25-,29-28-,32-31-. The van der Waals surface area contributed by atoms with E-state index in [1.54, 1.807) is 0 Å². The first kappa shape index (κ1) is 71.2. The molecule has 0 saturated carbocycles. The van der Waals surface area contributed by atoms with Crippen molar-refractivity contribution in [3.05, 3.63) is 97.2 Å². The molecule has 0 aliphatic rings. The molecule has 0 saturated heterocycles. The highest BCUT2D eigenvalue weighted by molar-refractivity contribution is 5.71. The lowest BCUT2D eigenvalue weighted by Gasteiger charge is -2.25. The number of hydrogen-bond acceptors (Lipinski definition) is 7. The van der Waals surface area contributed by atoms with E-state index < -0.39 is 24.3 Å². The van der Waals surface area contributed by atoms with E-state index in [9.17, 15) is 19.5 Å². The SMILES string of the molecule is CC/C=C\C/C=C\C/C=C\C/C=C\C/C=C\C/C=C\C/C=C\CCCCCCCCCCCCCCCCCCCC(=O)OC(COC(=O)CCCCCCC/C=C\CCCC)COC(OCC[N+](C)(C)C)C(=O)O. The molecule has 75 heavy (non-hydrogen) atoms. The summed E-state index contributed by atoms with van der Waals surface area (Å²) in [7, 11) is 5.96. The Bertz CT molecular complexity index is 1550. The summed E-state index contributed by atoms with van der Waals surface area (Å²) in [5.74, 6) is -2.02. The minimum absolute atomic E-state index is 0.184. The van der Waals surface area contributed by atoms with Crippen LogP contribution in [0.15, 0.2) is 97.2 Å². The number of carboxylic acid groups (broad SMARTS) is 1. The van der Waals surface area contributed by atoms with Crippen LogP contribution in [0.4, 0.5) is 0 Å². The van der Waals surface area contributed by atoms with Crippen molar-refractivity contribution in [3.8, 4) is 0 Å². The van der Waals surface area contributed by atoms with Crippen molar-refractivity contribution < 1.29 is 42.9 Å². The molecule has 0 aromatic heterocycles. The first-order valence-electron chi connectivity index (χ1n) is 30.4. The molecule has 9 heteroatoms. The van der Waals surface area contributed by atoms with E-state index in [0.717, 1.165) is 109 Å². The van der Waals surface area contributed by atoms with E-state index in [2.05, 4.69) is 111 Å². The number of carbonyl (C=O) groups excluding carboxylic acids is 2. The predicted molar refractivity (Wildman–Crippen MR) is 318 cm³/mol. The van der Waals surface area contributed by atoms with Crippen molar-refractivity contribution in [2.45, 2.75) is 257 Å². The number of esters is 2. The highest BCUT2D eigenvalue weighted by atomic mass is 16.7. The third kappa shape index (κ3) is 57.7. The highest BCUT2D eigenvalue weighted by Gasteiger charge is 2.25. The molecule has 0 aromatic rings. The summed E-state index contributed by atoms with van der Waals surface area (Å²) < 4.78 is 22.8. The zero-order valence-corrected chi connectivity index (χ0v) is 48.9. The third-order valence-electron chi connectivity index (χ3n) is 12.8. The Labute approximate surface area is 461 Å². The second-order valence-corrected chi connectivity index (χ2v) is 21.3. The lowest BCUT2D eigenvalue weighted by molar-refractivity contribution is -0.870. The smallest absolute Gasteiger partial charge is 0.361 e. The largest absolute Gasteiger partial charge is 0.477 e. The molecule has 0 amide bonds. The summed E-state index contributed by atoms with van der Waals surface area (Å²) >= 11 is 0. The van der Waals surface area contributed by atoms with Crippen LogP contribution in [0.1, 0.15) is 245 Å². The molecule has 0 heterocycles. The Balaban J connectivity index is 4.01. The van der Waals surface area contributed by atoms with Gasteiger partial charge in [-0.25, -0.2) is 4.79 Å². The number of likely N-dealkylation sites (N-methyl/N-ethyl adjacent to an activating group) is 1. The second-order valence-electron chi connectivity index (χ2n) is 21.3. The van der Waals surface area contributed by atoms with Crippen molar-refractivity contribution in [3.63, 3.8) is 0 Å². The number of hydrogen-bond donors (Lipinski definition) is 1. The fourth-order valence-electron chi connectivity index (χ4n) is 8.15. The summed E-state index contributed by atoms with van der Waals surface area (Å²) in [6, 6.07) is 0. The summed E-state index contributed by atoms with van der Waals surface area (Å²) in [5.41, 5.74) is 0. The van der Waals surface area contributed by atoms with Crippen LogP contribution in [0.3, 0.4) is 0 Å². The fraction of sp³-hybridized carbons (Fsp3) is 0.712. The van der Waals surface area contributed by atoms with Gasteiger partial charge >= 0.3 is 17.9 Å². The maximum Gasteiger partial charge on any atom is 0.361 e. The summed E-state index contributed by atoms with van der Waals surface area (Å²) in [6.45, 7) is 4.71. The number of ether oxygens (including phenoxy) is 4. The fourth-order valence-corrected chi connectivity index (χ4v) is 8.15. The van der Waals surface area contributed by atoms with Crippen LogP contribution >= 0.6 is 0 Å². The van der Waals surface area contributed by atoms with Gasteiger partial charge in [0.1, 0.15) is 13.2 Å². The molecule has 2 atom stereocenters. The van der Waals surface area contributed by atoms with Crippen molar-refractivity contribution >= 4 is 17.9 Å². The Morgan fingerprint density at radius 2 is 0.760 bits per heavy atom. The Kier molecular flexibility index (Phi) is 53.6. The molecule has 0 spiro atoms. The average molecular weight is 1050 g/mol. The minimum Gasteiger partial charge on any atom is -0.477 e. The monoisotopic (exact) mass is 1050 g/mol. The number of carbonyl (C=O) groups is 3. The van der Waals surface area contributed by atoms with Gasteiger partial charge in [0.2, 0.25) is 0 Å². The molecule has 0 aliphatic carbocycles. The first-order chi connectivity index (χ1) is 36.6. The number of quaternary nitrogens is 1. The van der Waals surface area contributed by atoms with Gasteiger partial charge in [-0.3, -0.25) is 9.59 Å². The Hall–Kier alpha value is -3.79. The molecule has 0 aromatic carbocycles. The van der Waals surface area contributed by atoms with Crippen LogP contribution in [0.25, 0.3) is 0 Å². The van der Waals surface area contributed by atoms with Gasteiger partial charge < -0.3 is 28.5 Å². The van der Waals surface area contributed by atoms with Gasteiger partial charge in [-0.15, -0.1) is 0 Å². The van der Waals surface area contributed by atoms with Crippen molar-refractivity contribution in [2.75, 3.05) is 47.5 Å². The lowest BCUT2D eigenvalue weighted by Crippen LogP contribution is -2.40. The minimum atomic E-state index is -1.51. The van der Waals surface area contributed by atoms with Crippen molar-refractivity contribution in [1.82, 2.24) is 0 Å². The third-order valence-corrected chi connectivity index (χ3v) is 12.8. The Morgan fingerprint density at radius 1 is 0.413 bits per heavy atom. The van der Waals surface area contributed by atoms with E-state index in [0.29, 0.717) is 17.4 Å². The van der Waals surface area contributed by atoms with Gasteiger partial charge in [0.25, 0.3) is 6.29 Å². The molecule has 0 aliphatic heterocycles. The molecule has 0 fully saturated rings. The quantitative estimate of drug-likeness (QED) is 0.0211. The van der Waals surface area contributed by atoms with Crippen LogP contribution in [0.5, 0.6) is 0 Å². The first-order valence-corrected chi connectivity index (χ1v) is 30.4. The predicted octanol–water partition coefficient (Wildman–Crippen LogP) is 18.1. The number of rotatable bonds is 55. The summed E-state index contributed by atoms with van der Waals surface area (Å²) in [5, 5.41) is 9.68. The molecule has 2 unspecified atom stereocenters. The van der Waals surface area contributed by atoms with Crippen molar-refractivity contribution in [1.29, 1.82) is 0 Å². The van der Waals surface area contributed by atoms with Gasteiger partial charge in [-0.05, 0) is 89.9 Å². The van der Waals surface area contributed by atoms with Gasteiger partial charge in [-0.1, -0.05) is 239 Å². The molecule has 1 N–H and O–H groups in total. The zero-order valence-electron chi connectivity index (χ0n) is 48.9. The normalized spacial score (nSPS) is 13.5. The maximum absolute atomic E-state index is 12.9. The summed E-state index contributed by atoms with van der Waals surface area (Å²) in [6.07, 6.45) is 73.7. The molecule has 0 bridgehead atoms. The Morgan fingerprint density at radius 3 is 1.15 bits per heavy atom. The van der Waals surface area contributed by atoms with Crippen LogP contribution < -0.4 is 0 Å². The van der Waals surface area contributed by atoms with E-state index in [-0.39, 0.29) is 32.2 Å². The number of nitrogens with zero attached hydrogens (tertiary/aromatic N) is 1. The van der Waals surface area contributed by atoms with Gasteiger partial charge in [0.05, 0.1) is 34.4 Å². The molecule has 430 valence electrons. The number of carboxylic acids is 1. The van der Waals surface area contributed by atoms with Gasteiger partial charge in [-0.2, -0.15) is 0 Å². The van der Waals surface area contributed by atoms with Crippen LogP contribution in [0, 0.1) is 0 Å². The summed E-state index contributed by atoms with van der Waals surface area (Å²) in [4.78, 5) is 37.3. The van der Waals surface area contributed by atoms with E-state index in [4.69, 9.17) is 18.9 Å². The maximum atomic E-state index is 12.9. The number of unbranched alkanes of at least 4 members (excludes halogenated alkanes) is 24. The lowest BCUT2D eigenvalue weighted by atomic mass is 10.0. The average Bonchev–Trinajstić information content (AvgIpc) is 3.38. The molecule has 9 nitrogen and oxygen atoms in total. The van der Waals surface area contributed by atoms with Gasteiger partial charge in [0, 0.05) is 12.8 Å². The highest BCUT2D eigenvalue weighted by Crippen LogP contribution is 2.16. The van der Waals surface area contributed by atoms with Crippen LogP contribution in [-0.4, -0.2) is 87.4 Å². The van der Waals surface area contributed by atoms with Crippen LogP contribution in [0.2, 0.25) is 0 Å². The van der Waals surface area contributed by atoms with E-state index >= 15 is 0 Å². The molecular weight excluding hydrogens is 935 g/mol. The topological polar surface area (TPSA) is 108 Å². The molecule has 0 radical (unpaired) electrons. The zero-order chi connectivity index (χ0) is 54.8. The van der Waals surface area contributed by atoms with Crippen LogP contribution in [-0.2, 0) is 33.3 Å². The molecular formula is C66H114NO8+. The van der Waals surface area contributed by atoms with E-state index in [1.165, 1.54) is 109 Å². The second kappa shape index (κ2) is 56.4. The van der Waals surface area contributed by atoms with Gasteiger partial charge in [0.15, 0.2) is 6.10 Å². The number of allylic oxidation sites excluding steroid dienone is 16.